The van der Waals surface area contributed by atoms with Crippen LogP contribution in [0.2, 0.25) is 0 Å². The summed E-state index contributed by atoms with van der Waals surface area (Å²) in [7, 11) is 0. The molecule has 0 aromatic heterocycles. The van der Waals surface area contributed by atoms with Crippen molar-refractivity contribution in [3.63, 3.8) is 0 Å². The van der Waals surface area contributed by atoms with Gasteiger partial charge in [-0.2, -0.15) is 0 Å². The summed E-state index contributed by atoms with van der Waals surface area (Å²) < 4.78 is 5.70. The van der Waals surface area contributed by atoms with Gasteiger partial charge in [-0.3, -0.25) is 14.5 Å². The SMILES string of the molecule is CCOc1cccc(C2/C(=C(/O)c3cccc4ccccc34)C(=O)C(=O)N2c2ccccc2C)c1. The molecule has 1 aliphatic heterocycles. The van der Waals surface area contributed by atoms with Crippen LogP contribution in [0.15, 0.2) is 96.6 Å². The van der Waals surface area contributed by atoms with Crippen molar-refractivity contribution in [1.29, 1.82) is 0 Å². The van der Waals surface area contributed by atoms with Crippen molar-refractivity contribution in [3.8, 4) is 5.75 Å². The molecule has 5 rings (SSSR count). The van der Waals surface area contributed by atoms with Gasteiger partial charge in [-0.25, -0.2) is 0 Å². The number of nitrogens with zero attached hydrogens (tertiary/aromatic N) is 1. The molecular formula is C30H25NO4. The number of carbonyl (C=O) groups is 2. The molecule has 5 nitrogen and oxygen atoms in total. The molecule has 1 amide bonds. The van der Waals surface area contributed by atoms with E-state index in [9.17, 15) is 14.7 Å². The van der Waals surface area contributed by atoms with Gasteiger partial charge in [-0.15, -0.1) is 0 Å². The Morgan fingerprint density at radius 1 is 0.914 bits per heavy atom. The van der Waals surface area contributed by atoms with E-state index >= 15 is 0 Å². The fraction of sp³-hybridized carbons (Fsp3) is 0.133. The van der Waals surface area contributed by atoms with Gasteiger partial charge in [0.15, 0.2) is 0 Å². The van der Waals surface area contributed by atoms with E-state index in [1.807, 2.05) is 98.8 Å². The Hall–Kier alpha value is -4.38. The summed E-state index contributed by atoms with van der Waals surface area (Å²) in [4.78, 5) is 28.5. The van der Waals surface area contributed by atoms with Gasteiger partial charge in [0, 0.05) is 11.3 Å². The number of Topliss-reactive ketones (excluding diaryl/α,β-unsaturated/α-hetero) is 1. The molecule has 1 saturated heterocycles. The van der Waals surface area contributed by atoms with Crippen LogP contribution in [0.5, 0.6) is 5.75 Å². The number of amides is 1. The van der Waals surface area contributed by atoms with Crippen LogP contribution in [-0.2, 0) is 9.59 Å². The molecular weight excluding hydrogens is 438 g/mol. The highest BCUT2D eigenvalue weighted by Gasteiger charge is 2.47. The molecule has 1 fully saturated rings. The van der Waals surface area contributed by atoms with E-state index in [1.54, 1.807) is 6.07 Å². The van der Waals surface area contributed by atoms with Crippen LogP contribution in [0.1, 0.15) is 29.7 Å². The summed E-state index contributed by atoms with van der Waals surface area (Å²) in [5.41, 5.74) is 2.73. The number of hydrogen-bond acceptors (Lipinski definition) is 4. The van der Waals surface area contributed by atoms with Crippen molar-refractivity contribution >= 4 is 33.9 Å². The van der Waals surface area contributed by atoms with E-state index in [0.29, 0.717) is 29.2 Å². The molecule has 0 aliphatic carbocycles. The zero-order valence-electron chi connectivity index (χ0n) is 19.6. The Bertz CT molecular complexity index is 1480. The Morgan fingerprint density at radius 2 is 1.63 bits per heavy atom. The van der Waals surface area contributed by atoms with E-state index in [2.05, 4.69) is 0 Å². The van der Waals surface area contributed by atoms with Crippen molar-refractivity contribution in [2.24, 2.45) is 0 Å². The third kappa shape index (κ3) is 3.85. The fourth-order valence-electron chi connectivity index (χ4n) is 4.75. The minimum Gasteiger partial charge on any atom is -0.507 e. The minimum atomic E-state index is -0.810. The normalized spacial score (nSPS) is 17.2. The molecule has 0 saturated carbocycles. The lowest BCUT2D eigenvalue weighted by atomic mass is 9.93. The van der Waals surface area contributed by atoms with Gasteiger partial charge < -0.3 is 9.84 Å². The summed E-state index contributed by atoms with van der Waals surface area (Å²) in [6.45, 7) is 4.27. The zero-order chi connectivity index (χ0) is 24.5. The number of anilines is 1. The van der Waals surface area contributed by atoms with Crippen LogP contribution in [0.3, 0.4) is 0 Å². The Morgan fingerprint density at radius 3 is 2.43 bits per heavy atom. The van der Waals surface area contributed by atoms with Crippen molar-refractivity contribution < 1.29 is 19.4 Å². The fourth-order valence-corrected chi connectivity index (χ4v) is 4.75. The predicted molar refractivity (Wildman–Crippen MR) is 138 cm³/mol. The summed E-state index contributed by atoms with van der Waals surface area (Å²) in [5, 5.41) is 13.3. The smallest absolute Gasteiger partial charge is 0.300 e. The molecule has 5 heteroatoms. The molecule has 0 radical (unpaired) electrons. The van der Waals surface area contributed by atoms with Gasteiger partial charge in [0.1, 0.15) is 11.5 Å². The number of ether oxygens (including phenoxy) is 1. The van der Waals surface area contributed by atoms with Gasteiger partial charge >= 0.3 is 0 Å². The summed E-state index contributed by atoms with van der Waals surface area (Å²) in [6, 6.07) is 27.1. The quantitative estimate of drug-likeness (QED) is 0.218. The number of carbonyl (C=O) groups excluding carboxylic acids is 2. The zero-order valence-corrected chi connectivity index (χ0v) is 19.6. The number of aryl methyl sites for hydroxylation is 1. The summed E-state index contributed by atoms with van der Waals surface area (Å²) in [5.74, 6) is -0.952. The van der Waals surface area contributed by atoms with Crippen LogP contribution in [0.25, 0.3) is 16.5 Å². The molecule has 4 aromatic carbocycles. The van der Waals surface area contributed by atoms with E-state index in [-0.39, 0.29) is 11.3 Å². The highest BCUT2D eigenvalue weighted by Crippen LogP contribution is 2.44. The number of ketones is 1. The molecule has 1 aliphatic rings. The first kappa shape index (κ1) is 22.4. The van der Waals surface area contributed by atoms with Gasteiger partial charge in [-0.05, 0) is 53.9 Å². The van der Waals surface area contributed by atoms with E-state index in [0.717, 1.165) is 16.3 Å². The Labute approximate surface area is 203 Å². The first-order valence-electron chi connectivity index (χ1n) is 11.6. The number of aliphatic hydroxyl groups is 1. The van der Waals surface area contributed by atoms with E-state index in [4.69, 9.17) is 4.74 Å². The first-order valence-corrected chi connectivity index (χ1v) is 11.6. The number of hydrogen-bond donors (Lipinski definition) is 1. The molecule has 1 atom stereocenters. The third-order valence-electron chi connectivity index (χ3n) is 6.35. The third-order valence-corrected chi connectivity index (χ3v) is 6.35. The number of benzene rings is 4. The topological polar surface area (TPSA) is 66.8 Å². The molecule has 0 bridgehead atoms. The van der Waals surface area contributed by atoms with Crippen LogP contribution in [0.4, 0.5) is 5.69 Å². The van der Waals surface area contributed by atoms with Gasteiger partial charge in [0.05, 0.1) is 18.2 Å². The molecule has 174 valence electrons. The van der Waals surface area contributed by atoms with E-state index < -0.39 is 17.7 Å². The Kier molecular flexibility index (Phi) is 5.83. The van der Waals surface area contributed by atoms with Crippen molar-refractivity contribution in [3.05, 3.63) is 113 Å². The van der Waals surface area contributed by atoms with Crippen LogP contribution in [0, 0.1) is 6.92 Å². The molecule has 0 spiro atoms. The van der Waals surface area contributed by atoms with Crippen LogP contribution in [-0.4, -0.2) is 23.4 Å². The monoisotopic (exact) mass is 463 g/mol. The minimum absolute atomic E-state index is 0.0586. The maximum absolute atomic E-state index is 13.5. The maximum Gasteiger partial charge on any atom is 0.300 e. The van der Waals surface area contributed by atoms with Gasteiger partial charge in [0.25, 0.3) is 11.7 Å². The standard InChI is InChI=1S/C30H25NO4/c1-3-35-22-14-8-13-21(18-22)27-26(28(32)24-16-9-12-20-11-5-6-15-23(20)24)29(33)30(34)31(27)25-17-7-4-10-19(25)2/h4-18,27,32H,3H2,1-2H3/b28-26-. The second kappa shape index (κ2) is 9.11. The van der Waals surface area contributed by atoms with Crippen LogP contribution >= 0.6 is 0 Å². The van der Waals surface area contributed by atoms with Gasteiger partial charge in [0.2, 0.25) is 0 Å². The highest BCUT2D eigenvalue weighted by molar-refractivity contribution is 6.52. The second-order valence-corrected chi connectivity index (χ2v) is 8.49. The number of rotatable bonds is 5. The molecule has 1 unspecified atom stereocenters. The lowest BCUT2D eigenvalue weighted by Crippen LogP contribution is -2.30. The summed E-state index contributed by atoms with van der Waals surface area (Å²) >= 11 is 0. The lowest BCUT2D eigenvalue weighted by molar-refractivity contribution is -0.132. The number of fused-ring (bicyclic) bond motifs is 1. The van der Waals surface area contributed by atoms with Crippen molar-refractivity contribution in [2.45, 2.75) is 19.9 Å². The summed E-state index contributed by atoms with van der Waals surface area (Å²) in [6.07, 6.45) is 0. The van der Waals surface area contributed by atoms with Crippen LogP contribution < -0.4 is 9.64 Å². The van der Waals surface area contributed by atoms with Crippen molar-refractivity contribution in [1.82, 2.24) is 0 Å². The average molecular weight is 464 g/mol. The molecule has 35 heavy (non-hydrogen) atoms. The lowest BCUT2D eigenvalue weighted by Gasteiger charge is -2.27. The second-order valence-electron chi connectivity index (χ2n) is 8.49. The van der Waals surface area contributed by atoms with Gasteiger partial charge in [-0.1, -0.05) is 72.8 Å². The molecule has 1 N–H and O–H groups in total. The number of para-hydroxylation sites is 1. The highest BCUT2D eigenvalue weighted by atomic mass is 16.5. The predicted octanol–water partition coefficient (Wildman–Crippen LogP) is 6.17. The largest absolute Gasteiger partial charge is 0.507 e. The van der Waals surface area contributed by atoms with Crippen molar-refractivity contribution in [2.75, 3.05) is 11.5 Å². The molecule has 4 aromatic rings. The maximum atomic E-state index is 13.5. The number of aliphatic hydroxyl groups excluding tert-OH is 1. The first-order chi connectivity index (χ1) is 17.0. The Balaban J connectivity index is 1.78. The molecule has 1 heterocycles. The van der Waals surface area contributed by atoms with E-state index in [1.165, 1.54) is 4.90 Å². The average Bonchev–Trinajstić information content (AvgIpc) is 3.14.